The molecule has 0 bridgehead atoms. The van der Waals surface area contributed by atoms with E-state index >= 15 is 0 Å². The summed E-state index contributed by atoms with van der Waals surface area (Å²) in [5.74, 6) is 0. The molecule has 0 aliphatic carbocycles. The van der Waals surface area contributed by atoms with Gasteiger partial charge < -0.3 is 0 Å². The number of thiol groups is 1. The Morgan fingerprint density at radius 3 is 2.00 bits per heavy atom. The minimum atomic E-state index is -4.38. The number of alkyl halides is 3. The summed E-state index contributed by atoms with van der Waals surface area (Å²) in [6.45, 7) is 0. The van der Waals surface area contributed by atoms with E-state index < -0.39 is 22.4 Å². The minimum Gasteiger partial charge on any atom is -0.227 e. The van der Waals surface area contributed by atoms with E-state index in [1.165, 1.54) is 24.3 Å². The number of halogens is 3. The van der Waals surface area contributed by atoms with E-state index in [0.717, 1.165) is 12.1 Å². The van der Waals surface area contributed by atoms with Gasteiger partial charge in [-0.1, -0.05) is 24.3 Å². The molecule has 2 nitrogen and oxygen atoms in total. The Bertz CT molecular complexity index is 650. The summed E-state index contributed by atoms with van der Waals surface area (Å²) in [5.41, 5.74) is 0.361. The Hall–Kier alpha value is -1.82. The lowest BCUT2D eigenvalue weighted by atomic mass is 10.0. The number of rotatable bonds is 2. The van der Waals surface area contributed by atoms with E-state index in [2.05, 4.69) is 0 Å². The first kappa shape index (κ1) is 13.6. The number of benzene rings is 2. The molecule has 0 radical (unpaired) electrons. The van der Waals surface area contributed by atoms with E-state index in [1.807, 2.05) is 0 Å². The summed E-state index contributed by atoms with van der Waals surface area (Å²) in [5, 5.41) is 0. The molecule has 2 aromatic carbocycles. The third-order valence-corrected chi connectivity index (χ3v) is 3.30. The average Bonchev–Trinajstić information content (AvgIpc) is 2.38. The monoisotopic (exact) mass is 286 g/mol. The quantitative estimate of drug-likeness (QED) is 0.859. The highest BCUT2D eigenvalue weighted by Gasteiger charge is 2.29. The summed E-state index contributed by atoms with van der Waals surface area (Å²) in [6, 6.07) is 10.6. The van der Waals surface area contributed by atoms with Gasteiger partial charge in [0.25, 0.3) is 0 Å². The molecule has 0 saturated heterocycles. The van der Waals surface area contributed by atoms with Gasteiger partial charge >= 0.3 is 6.18 Å². The first-order chi connectivity index (χ1) is 8.88. The minimum absolute atomic E-state index is 0.132. The number of hydrogen-bond donors (Lipinski definition) is 1. The first-order valence-corrected chi connectivity index (χ1v) is 6.48. The van der Waals surface area contributed by atoms with Crippen molar-refractivity contribution in [1.29, 1.82) is 0 Å². The van der Waals surface area contributed by atoms with Crippen molar-refractivity contribution in [3.63, 3.8) is 0 Å². The maximum atomic E-state index is 12.4. The fourth-order valence-corrected chi connectivity index (χ4v) is 2.10. The Labute approximate surface area is 109 Å². The highest BCUT2D eigenvalue weighted by atomic mass is 32.2. The summed E-state index contributed by atoms with van der Waals surface area (Å²) < 4.78 is 59.0. The van der Waals surface area contributed by atoms with Crippen LogP contribution in [0.3, 0.4) is 0 Å². The van der Waals surface area contributed by atoms with E-state index in [0.29, 0.717) is 11.1 Å². The van der Waals surface area contributed by atoms with Crippen LogP contribution >= 0.6 is 0 Å². The second-order valence-electron chi connectivity index (χ2n) is 3.88. The van der Waals surface area contributed by atoms with Gasteiger partial charge in [-0.2, -0.15) is 13.2 Å². The van der Waals surface area contributed by atoms with Crippen LogP contribution < -0.4 is 0 Å². The van der Waals surface area contributed by atoms with Crippen molar-refractivity contribution in [3.8, 4) is 11.1 Å². The van der Waals surface area contributed by atoms with Gasteiger partial charge in [-0.3, -0.25) is 0 Å². The summed E-state index contributed by atoms with van der Waals surface area (Å²) in [6.07, 6.45) is -4.38. The molecule has 0 N–H and O–H groups in total. The molecule has 100 valence electrons. The van der Waals surface area contributed by atoms with Gasteiger partial charge in [0.1, 0.15) is 0 Å². The maximum Gasteiger partial charge on any atom is 0.416 e. The van der Waals surface area contributed by atoms with E-state index in [9.17, 15) is 21.6 Å². The summed E-state index contributed by atoms with van der Waals surface area (Å²) in [4.78, 5) is 0.132. The molecule has 0 amide bonds. The second kappa shape index (κ2) is 5.05. The van der Waals surface area contributed by atoms with Crippen LogP contribution in [0.15, 0.2) is 53.4 Å². The normalized spacial score (nSPS) is 11.8. The lowest BCUT2D eigenvalue weighted by Crippen LogP contribution is -2.03. The molecule has 2 aromatic rings. The van der Waals surface area contributed by atoms with Crippen LogP contribution in [0.25, 0.3) is 11.1 Å². The molecule has 0 aromatic heterocycles. The zero-order valence-corrected chi connectivity index (χ0v) is 10.4. The summed E-state index contributed by atoms with van der Waals surface area (Å²) in [7, 11) is -2.71. The van der Waals surface area contributed by atoms with E-state index in [1.54, 1.807) is 12.1 Å². The second-order valence-corrected chi connectivity index (χ2v) is 4.91. The Morgan fingerprint density at radius 1 is 0.842 bits per heavy atom. The van der Waals surface area contributed by atoms with Crippen molar-refractivity contribution in [1.82, 2.24) is 0 Å². The molecule has 0 unspecified atom stereocenters. The highest BCUT2D eigenvalue weighted by molar-refractivity contribution is 7.72. The van der Waals surface area contributed by atoms with Gasteiger partial charge in [-0.25, -0.2) is 8.42 Å². The van der Waals surface area contributed by atoms with Gasteiger partial charge in [0.2, 0.25) is 0 Å². The third-order valence-electron chi connectivity index (χ3n) is 2.60. The lowest BCUT2D eigenvalue weighted by molar-refractivity contribution is -0.137. The van der Waals surface area contributed by atoms with Gasteiger partial charge in [0, 0.05) is 0 Å². The van der Waals surface area contributed by atoms with Crippen molar-refractivity contribution in [3.05, 3.63) is 54.1 Å². The van der Waals surface area contributed by atoms with Gasteiger partial charge in [0.15, 0.2) is 10.7 Å². The van der Waals surface area contributed by atoms with Crippen molar-refractivity contribution in [2.24, 2.45) is 0 Å². The van der Waals surface area contributed by atoms with Crippen molar-refractivity contribution >= 4 is 10.7 Å². The maximum absolute atomic E-state index is 12.4. The van der Waals surface area contributed by atoms with Gasteiger partial charge in [-0.15, -0.1) is 0 Å². The molecule has 0 heterocycles. The lowest BCUT2D eigenvalue weighted by Gasteiger charge is -2.08. The largest absolute Gasteiger partial charge is 0.416 e. The van der Waals surface area contributed by atoms with Crippen LogP contribution in [-0.4, -0.2) is 8.42 Å². The van der Waals surface area contributed by atoms with E-state index in [4.69, 9.17) is 0 Å². The van der Waals surface area contributed by atoms with E-state index in [-0.39, 0.29) is 4.90 Å². The SMILES string of the molecule is O=[SH](=O)c1cccc(-c2ccc(C(F)(F)F)cc2)c1. The van der Waals surface area contributed by atoms with Crippen LogP contribution in [0.4, 0.5) is 13.2 Å². The molecular weight excluding hydrogens is 277 g/mol. The standard InChI is InChI=1S/C13H9F3O2S/c14-13(15,16)11-6-4-9(5-7-11)10-2-1-3-12(8-10)19(17)18/h1-8,19H. The van der Waals surface area contributed by atoms with Crippen LogP contribution in [-0.2, 0) is 16.9 Å². The van der Waals surface area contributed by atoms with Crippen LogP contribution in [0, 0.1) is 0 Å². The molecule has 2 rings (SSSR count). The number of hydrogen-bond acceptors (Lipinski definition) is 2. The fraction of sp³-hybridized carbons (Fsp3) is 0.0769. The van der Waals surface area contributed by atoms with Crippen LogP contribution in [0.5, 0.6) is 0 Å². The molecule has 0 spiro atoms. The predicted octanol–water partition coefficient (Wildman–Crippen LogP) is 3.34. The van der Waals surface area contributed by atoms with Crippen molar-refractivity contribution < 1.29 is 21.6 Å². The molecular formula is C13H9F3O2S. The van der Waals surface area contributed by atoms with Gasteiger partial charge in [-0.05, 0) is 35.4 Å². The molecule has 0 fully saturated rings. The molecule has 6 heteroatoms. The van der Waals surface area contributed by atoms with Crippen LogP contribution in [0.2, 0.25) is 0 Å². The molecule has 19 heavy (non-hydrogen) atoms. The topological polar surface area (TPSA) is 34.1 Å². The smallest absolute Gasteiger partial charge is 0.227 e. The van der Waals surface area contributed by atoms with Crippen LogP contribution in [0.1, 0.15) is 5.56 Å². The zero-order chi connectivity index (χ0) is 14.0. The van der Waals surface area contributed by atoms with Gasteiger partial charge in [0.05, 0.1) is 10.5 Å². The summed E-state index contributed by atoms with van der Waals surface area (Å²) >= 11 is 0. The fourth-order valence-electron chi connectivity index (χ4n) is 1.65. The Morgan fingerprint density at radius 2 is 1.47 bits per heavy atom. The molecule has 0 atom stereocenters. The predicted molar refractivity (Wildman–Crippen MR) is 65.5 cm³/mol. The third kappa shape index (κ3) is 3.14. The van der Waals surface area contributed by atoms with Crippen molar-refractivity contribution in [2.45, 2.75) is 11.1 Å². The van der Waals surface area contributed by atoms with Crippen molar-refractivity contribution in [2.75, 3.05) is 0 Å². The highest BCUT2D eigenvalue weighted by Crippen LogP contribution is 2.31. The molecule has 0 aliphatic rings. The Kier molecular flexibility index (Phi) is 3.61. The molecule has 0 saturated carbocycles. The first-order valence-electron chi connectivity index (χ1n) is 5.30. The zero-order valence-electron chi connectivity index (χ0n) is 9.52. The molecule has 0 aliphatic heterocycles. The average molecular weight is 286 g/mol. The Balaban J connectivity index is 2.40.